The van der Waals surface area contributed by atoms with E-state index in [1.807, 2.05) is 0 Å². The molecule has 0 fully saturated rings. The Hall–Kier alpha value is -5.45. The number of aromatic nitrogens is 3. The molecule has 0 saturated heterocycles. The van der Waals surface area contributed by atoms with Crippen LogP contribution in [0.2, 0.25) is 19.6 Å². The van der Waals surface area contributed by atoms with Gasteiger partial charge in [0.15, 0.2) is 17.5 Å². The third kappa shape index (κ3) is 5.11. The molecule has 7 aromatic rings. The first-order chi connectivity index (χ1) is 24.9. The van der Waals surface area contributed by atoms with Crippen molar-refractivity contribution in [3.8, 4) is 67.5 Å². The first kappa shape index (κ1) is 32.5. The molecule has 0 bridgehead atoms. The van der Waals surface area contributed by atoms with Crippen LogP contribution >= 0.6 is 0 Å². The Morgan fingerprint density at radius 1 is 0.365 bits per heavy atom. The molecule has 0 saturated carbocycles. The Labute approximate surface area is 308 Å². The average Bonchev–Trinajstić information content (AvgIpc) is 3.53. The van der Waals surface area contributed by atoms with Gasteiger partial charge in [-0.25, -0.2) is 15.0 Å². The molecule has 3 nitrogen and oxygen atoms in total. The fourth-order valence-corrected chi connectivity index (χ4v) is 9.65. The van der Waals surface area contributed by atoms with Gasteiger partial charge in [0.1, 0.15) is 0 Å². The van der Waals surface area contributed by atoms with E-state index in [0.717, 1.165) is 22.3 Å². The minimum atomic E-state index is -1.57. The first-order valence-electron chi connectivity index (χ1n) is 18.4. The zero-order valence-corrected chi connectivity index (χ0v) is 32.0. The zero-order chi connectivity index (χ0) is 36.0. The molecule has 4 heteroatoms. The second-order valence-corrected chi connectivity index (χ2v) is 21.7. The predicted octanol–water partition coefficient (Wildman–Crippen LogP) is 11.7. The highest BCUT2D eigenvalue weighted by atomic mass is 28.3. The van der Waals surface area contributed by atoms with Crippen LogP contribution < -0.4 is 5.19 Å². The summed E-state index contributed by atoms with van der Waals surface area (Å²) in [7, 11) is -1.57. The van der Waals surface area contributed by atoms with Crippen LogP contribution in [-0.4, -0.2) is 23.0 Å². The molecule has 0 unspecified atom stereocenters. The molecule has 254 valence electrons. The summed E-state index contributed by atoms with van der Waals surface area (Å²) < 4.78 is 0. The van der Waals surface area contributed by atoms with Crippen LogP contribution in [0.3, 0.4) is 0 Å². The lowest BCUT2D eigenvalue weighted by molar-refractivity contribution is 0.660. The zero-order valence-electron chi connectivity index (χ0n) is 31.0. The van der Waals surface area contributed by atoms with Crippen molar-refractivity contribution in [3.63, 3.8) is 0 Å². The smallest absolute Gasteiger partial charge is 0.164 e. The highest BCUT2D eigenvalue weighted by molar-refractivity contribution is 6.88. The molecule has 0 spiro atoms. The number of rotatable bonds is 5. The lowest BCUT2D eigenvalue weighted by Crippen LogP contribution is -2.37. The molecule has 2 aliphatic rings. The molecule has 1 aromatic heterocycles. The summed E-state index contributed by atoms with van der Waals surface area (Å²) in [5.41, 5.74) is 15.9. The van der Waals surface area contributed by atoms with Crippen LogP contribution in [0.5, 0.6) is 0 Å². The van der Waals surface area contributed by atoms with E-state index >= 15 is 0 Å². The second kappa shape index (κ2) is 11.5. The molecule has 1 heterocycles. The second-order valence-electron chi connectivity index (χ2n) is 16.6. The Morgan fingerprint density at radius 3 is 1.48 bits per heavy atom. The number of benzene rings is 6. The maximum Gasteiger partial charge on any atom is 0.164 e. The van der Waals surface area contributed by atoms with Gasteiger partial charge >= 0.3 is 0 Å². The van der Waals surface area contributed by atoms with E-state index in [-0.39, 0.29) is 10.8 Å². The van der Waals surface area contributed by atoms with Gasteiger partial charge in [-0.3, -0.25) is 0 Å². The molecular formula is C48H43N3Si. The van der Waals surface area contributed by atoms with Crippen LogP contribution in [0.4, 0.5) is 0 Å². The van der Waals surface area contributed by atoms with Gasteiger partial charge in [-0.05, 0) is 73.8 Å². The Balaban J connectivity index is 1.18. The average molecular weight is 690 g/mol. The van der Waals surface area contributed by atoms with E-state index < -0.39 is 8.07 Å². The Bertz CT molecular complexity index is 2570. The van der Waals surface area contributed by atoms with Crippen LogP contribution in [0.15, 0.2) is 133 Å². The molecule has 0 aliphatic heterocycles. The highest BCUT2D eigenvalue weighted by Crippen LogP contribution is 2.51. The largest absolute Gasteiger partial charge is 0.208 e. The first-order valence-corrected chi connectivity index (χ1v) is 21.9. The normalized spacial score (nSPS) is 14.8. The quantitative estimate of drug-likeness (QED) is 0.169. The summed E-state index contributed by atoms with van der Waals surface area (Å²) in [6, 6.07) is 48.8. The lowest BCUT2D eigenvalue weighted by Gasteiger charge is -2.22. The number of hydrogen-bond acceptors (Lipinski definition) is 3. The van der Waals surface area contributed by atoms with Crippen LogP contribution in [0.25, 0.3) is 67.5 Å². The molecule has 6 aromatic carbocycles. The predicted molar refractivity (Wildman–Crippen MR) is 220 cm³/mol. The van der Waals surface area contributed by atoms with E-state index in [4.69, 9.17) is 15.0 Å². The standard InChI is InChI=1S/C48H43N3Si/c1-47(2)41-21-11-9-19-37(41)39-28-31(23-25-42(39)47)30-14-12-15-32(26-30)44-49-45(33-16-13-17-35(27-33)52(5,6)7)51-46(50-44)34-22-24-38-36-18-8-10-20-40(36)48(3,4)43(38)29-34/h8-29H,1-7H3. The third-order valence-electron chi connectivity index (χ3n) is 11.5. The van der Waals surface area contributed by atoms with Gasteiger partial charge in [-0.15, -0.1) is 0 Å². The lowest BCUT2D eigenvalue weighted by atomic mass is 9.82. The number of hydrogen-bond donors (Lipinski definition) is 0. The van der Waals surface area contributed by atoms with Gasteiger partial charge in [0.25, 0.3) is 0 Å². The Kier molecular flexibility index (Phi) is 7.19. The molecular weight excluding hydrogens is 647 g/mol. The van der Waals surface area contributed by atoms with Crippen molar-refractivity contribution in [1.29, 1.82) is 0 Å². The summed E-state index contributed by atoms with van der Waals surface area (Å²) >= 11 is 0. The van der Waals surface area contributed by atoms with Gasteiger partial charge in [0.2, 0.25) is 0 Å². The van der Waals surface area contributed by atoms with Gasteiger partial charge in [-0.2, -0.15) is 0 Å². The van der Waals surface area contributed by atoms with Crippen molar-refractivity contribution < 1.29 is 0 Å². The maximum absolute atomic E-state index is 5.22. The maximum atomic E-state index is 5.22. The third-order valence-corrected chi connectivity index (χ3v) is 13.5. The molecule has 52 heavy (non-hydrogen) atoms. The van der Waals surface area contributed by atoms with Crippen molar-refractivity contribution in [1.82, 2.24) is 15.0 Å². The van der Waals surface area contributed by atoms with Crippen molar-refractivity contribution in [2.45, 2.75) is 58.2 Å². The van der Waals surface area contributed by atoms with Crippen LogP contribution in [0.1, 0.15) is 49.9 Å². The summed E-state index contributed by atoms with van der Waals surface area (Å²) in [5, 5.41) is 1.38. The minimum Gasteiger partial charge on any atom is -0.208 e. The van der Waals surface area contributed by atoms with Crippen LogP contribution in [0, 0.1) is 0 Å². The van der Waals surface area contributed by atoms with Gasteiger partial charge in [0.05, 0.1) is 8.07 Å². The Morgan fingerprint density at radius 2 is 0.827 bits per heavy atom. The van der Waals surface area contributed by atoms with Crippen molar-refractivity contribution in [2.24, 2.45) is 0 Å². The van der Waals surface area contributed by atoms with Gasteiger partial charge in [-0.1, -0.05) is 168 Å². The highest BCUT2D eigenvalue weighted by Gasteiger charge is 2.36. The molecule has 0 atom stereocenters. The molecule has 0 N–H and O–H groups in total. The van der Waals surface area contributed by atoms with E-state index in [9.17, 15) is 0 Å². The minimum absolute atomic E-state index is 0.0215. The summed E-state index contributed by atoms with van der Waals surface area (Å²) in [6.45, 7) is 16.4. The van der Waals surface area contributed by atoms with E-state index in [1.165, 1.54) is 55.3 Å². The van der Waals surface area contributed by atoms with E-state index in [0.29, 0.717) is 17.5 Å². The fraction of sp³-hybridized carbons (Fsp3) is 0.188. The van der Waals surface area contributed by atoms with E-state index in [1.54, 1.807) is 0 Å². The van der Waals surface area contributed by atoms with Crippen molar-refractivity contribution in [2.75, 3.05) is 0 Å². The molecule has 0 radical (unpaired) electrons. The molecule has 9 rings (SSSR count). The SMILES string of the molecule is CC1(C)c2ccccc2-c2cc(-c3cccc(-c4nc(-c5cccc([Si](C)(C)C)c5)nc(-c5ccc6c(c5)C(C)(C)c5ccccc5-6)n4)c3)ccc21. The number of fused-ring (bicyclic) bond motifs is 6. The summed E-state index contributed by atoms with van der Waals surface area (Å²) in [6.07, 6.45) is 0. The molecule has 0 amide bonds. The summed E-state index contributed by atoms with van der Waals surface area (Å²) in [5.74, 6) is 2.07. The fourth-order valence-electron chi connectivity index (χ4n) is 8.47. The van der Waals surface area contributed by atoms with Crippen LogP contribution in [-0.2, 0) is 10.8 Å². The number of nitrogens with zero attached hydrogens (tertiary/aromatic N) is 3. The van der Waals surface area contributed by atoms with E-state index in [2.05, 4.69) is 181 Å². The van der Waals surface area contributed by atoms with Gasteiger partial charge in [0, 0.05) is 27.5 Å². The van der Waals surface area contributed by atoms with Gasteiger partial charge < -0.3 is 0 Å². The molecule has 2 aliphatic carbocycles. The van der Waals surface area contributed by atoms with Crippen molar-refractivity contribution in [3.05, 3.63) is 156 Å². The van der Waals surface area contributed by atoms with Crippen molar-refractivity contribution >= 4 is 13.3 Å². The topological polar surface area (TPSA) is 38.7 Å². The monoisotopic (exact) mass is 689 g/mol. The summed E-state index contributed by atoms with van der Waals surface area (Å²) in [4.78, 5) is 15.6.